The molecule has 0 aromatic heterocycles. The minimum Gasteiger partial charge on any atom is -0.406 e. The zero-order chi connectivity index (χ0) is 12.5. The maximum absolute atomic E-state index is 12.0. The van der Waals surface area contributed by atoms with Crippen LogP contribution < -0.4 is 4.74 Å². The van der Waals surface area contributed by atoms with Gasteiger partial charge in [-0.3, -0.25) is 4.79 Å². The summed E-state index contributed by atoms with van der Waals surface area (Å²) in [4.78, 5) is 11.2. The van der Waals surface area contributed by atoms with E-state index in [1.54, 1.807) is 0 Å². The second-order valence-electron chi connectivity index (χ2n) is 2.87. The van der Waals surface area contributed by atoms with Gasteiger partial charge in [-0.05, 0) is 57.6 Å². The van der Waals surface area contributed by atoms with Gasteiger partial charge in [0.1, 0.15) is 5.75 Å². The van der Waals surface area contributed by atoms with E-state index in [0.717, 1.165) is 6.07 Å². The number of carbonyl (C=O) groups is 1. The van der Waals surface area contributed by atoms with E-state index in [9.17, 15) is 18.0 Å². The van der Waals surface area contributed by atoms with Crippen LogP contribution in [0.1, 0.15) is 17.3 Å². The summed E-state index contributed by atoms with van der Waals surface area (Å²) in [7, 11) is 0. The number of alkyl halides is 3. The van der Waals surface area contributed by atoms with Crippen molar-refractivity contribution in [3.05, 3.63) is 25.7 Å². The highest BCUT2D eigenvalue weighted by atomic mass is 127. The number of rotatable bonds is 2. The Bertz CT molecular complexity index is 431. The van der Waals surface area contributed by atoms with Crippen LogP contribution in [0.2, 0.25) is 0 Å². The highest BCUT2D eigenvalue weighted by Gasteiger charge is 2.31. The SMILES string of the molecule is CC(=O)c1cc(OC(F)(F)F)cc(I)c1Br. The summed E-state index contributed by atoms with van der Waals surface area (Å²) < 4.78 is 40.6. The maximum Gasteiger partial charge on any atom is 0.573 e. The molecule has 7 heteroatoms. The Morgan fingerprint density at radius 3 is 2.44 bits per heavy atom. The van der Waals surface area contributed by atoms with E-state index in [4.69, 9.17) is 0 Å². The third-order valence-corrected chi connectivity index (χ3v) is 4.06. The monoisotopic (exact) mass is 408 g/mol. The number of ether oxygens (including phenoxy) is 1. The van der Waals surface area contributed by atoms with E-state index in [1.807, 2.05) is 22.6 Å². The van der Waals surface area contributed by atoms with E-state index in [-0.39, 0.29) is 11.3 Å². The molecule has 0 heterocycles. The van der Waals surface area contributed by atoms with Crippen LogP contribution in [0.4, 0.5) is 13.2 Å². The molecule has 0 aliphatic rings. The molecule has 88 valence electrons. The summed E-state index contributed by atoms with van der Waals surface area (Å²) in [5, 5.41) is 0. The second kappa shape index (κ2) is 4.91. The quantitative estimate of drug-likeness (QED) is 0.542. The van der Waals surface area contributed by atoms with Crippen molar-refractivity contribution in [2.45, 2.75) is 13.3 Å². The lowest BCUT2D eigenvalue weighted by atomic mass is 10.1. The van der Waals surface area contributed by atoms with Gasteiger partial charge in [-0.2, -0.15) is 0 Å². The molecule has 2 nitrogen and oxygen atoms in total. The molecular formula is C9H5BrF3IO2. The lowest BCUT2D eigenvalue weighted by molar-refractivity contribution is -0.274. The molecule has 0 aliphatic carbocycles. The first-order chi connectivity index (χ1) is 7.20. The lowest BCUT2D eigenvalue weighted by Crippen LogP contribution is -2.17. The highest BCUT2D eigenvalue weighted by Crippen LogP contribution is 2.31. The smallest absolute Gasteiger partial charge is 0.406 e. The topological polar surface area (TPSA) is 26.3 Å². The van der Waals surface area contributed by atoms with E-state index < -0.39 is 12.1 Å². The molecule has 0 bridgehead atoms. The first-order valence-electron chi connectivity index (χ1n) is 3.96. The van der Waals surface area contributed by atoms with Gasteiger partial charge in [0.2, 0.25) is 0 Å². The fourth-order valence-corrected chi connectivity index (χ4v) is 2.12. The molecular weight excluding hydrogens is 404 g/mol. The first kappa shape index (κ1) is 13.8. The summed E-state index contributed by atoms with van der Waals surface area (Å²) in [6, 6.07) is 2.26. The summed E-state index contributed by atoms with van der Waals surface area (Å²) in [5.41, 5.74) is 0.158. The summed E-state index contributed by atoms with van der Waals surface area (Å²) in [6.45, 7) is 1.27. The summed E-state index contributed by atoms with van der Waals surface area (Å²) in [6.07, 6.45) is -4.76. The van der Waals surface area contributed by atoms with Crippen LogP contribution in [0.25, 0.3) is 0 Å². The second-order valence-corrected chi connectivity index (χ2v) is 4.83. The molecule has 0 unspecified atom stereocenters. The number of halogens is 5. The minimum atomic E-state index is -4.76. The van der Waals surface area contributed by atoms with Gasteiger partial charge in [0.15, 0.2) is 5.78 Å². The van der Waals surface area contributed by atoms with Gasteiger partial charge in [0.25, 0.3) is 0 Å². The van der Waals surface area contributed by atoms with Crippen molar-refractivity contribution in [3.63, 3.8) is 0 Å². The fourth-order valence-electron chi connectivity index (χ4n) is 1.01. The third-order valence-electron chi connectivity index (χ3n) is 1.61. The molecule has 0 atom stereocenters. The lowest BCUT2D eigenvalue weighted by Gasteiger charge is -2.11. The highest BCUT2D eigenvalue weighted by molar-refractivity contribution is 14.1. The predicted octanol–water partition coefficient (Wildman–Crippen LogP) is 4.15. The number of ketones is 1. The summed E-state index contributed by atoms with van der Waals surface area (Å²) in [5.74, 6) is -0.734. The molecule has 1 rings (SSSR count). The predicted molar refractivity (Wildman–Crippen MR) is 63.5 cm³/mol. The number of Topliss-reactive ketones (excluding diaryl/α,β-unsaturated/α-hetero) is 1. The van der Waals surface area contributed by atoms with Crippen LogP contribution in [0.5, 0.6) is 5.75 Å². The van der Waals surface area contributed by atoms with Crippen LogP contribution in [-0.4, -0.2) is 12.1 Å². The van der Waals surface area contributed by atoms with Gasteiger partial charge in [-0.25, -0.2) is 0 Å². The Kier molecular flexibility index (Phi) is 4.22. The third kappa shape index (κ3) is 3.62. The Morgan fingerprint density at radius 2 is 2.00 bits per heavy atom. The van der Waals surface area contributed by atoms with Gasteiger partial charge in [-0.15, -0.1) is 13.2 Å². The van der Waals surface area contributed by atoms with Crippen molar-refractivity contribution in [1.29, 1.82) is 0 Å². The number of hydrogen-bond donors (Lipinski definition) is 0. The minimum absolute atomic E-state index is 0.158. The standard InChI is InChI=1S/C9H5BrF3IO2/c1-4(15)6-2-5(16-9(11,12)13)3-7(14)8(6)10/h2-3H,1H3. The molecule has 0 spiro atoms. The Hall–Kier alpha value is -0.310. The largest absolute Gasteiger partial charge is 0.573 e. The number of hydrogen-bond acceptors (Lipinski definition) is 2. The van der Waals surface area contributed by atoms with Crippen molar-refractivity contribution in [1.82, 2.24) is 0 Å². The van der Waals surface area contributed by atoms with E-state index in [0.29, 0.717) is 8.04 Å². The normalized spacial score (nSPS) is 11.4. The van der Waals surface area contributed by atoms with Crippen LogP contribution in [-0.2, 0) is 0 Å². The van der Waals surface area contributed by atoms with Crippen molar-refractivity contribution in [3.8, 4) is 5.75 Å². The molecule has 0 saturated heterocycles. The van der Waals surface area contributed by atoms with Gasteiger partial charge >= 0.3 is 6.36 Å². The molecule has 0 aliphatic heterocycles. The Balaban J connectivity index is 3.19. The summed E-state index contributed by atoms with van der Waals surface area (Å²) >= 11 is 4.94. The van der Waals surface area contributed by atoms with Crippen LogP contribution in [0.15, 0.2) is 16.6 Å². The first-order valence-corrected chi connectivity index (χ1v) is 5.83. The van der Waals surface area contributed by atoms with E-state index in [1.165, 1.54) is 13.0 Å². The van der Waals surface area contributed by atoms with Gasteiger partial charge in [0.05, 0.1) is 0 Å². The zero-order valence-corrected chi connectivity index (χ0v) is 11.6. The fraction of sp³-hybridized carbons (Fsp3) is 0.222. The van der Waals surface area contributed by atoms with Crippen LogP contribution in [0.3, 0.4) is 0 Å². The molecule has 1 aromatic carbocycles. The molecule has 0 amide bonds. The average Bonchev–Trinajstić information content (AvgIpc) is 2.07. The van der Waals surface area contributed by atoms with Crippen molar-refractivity contribution in [2.75, 3.05) is 0 Å². The van der Waals surface area contributed by atoms with Gasteiger partial charge in [-0.1, -0.05) is 0 Å². The molecule has 0 saturated carbocycles. The van der Waals surface area contributed by atoms with Crippen LogP contribution in [0, 0.1) is 3.57 Å². The van der Waals surface area contributed by atoms with E-state index in [2.05, 4.69) is 20.7 Å². The van der Waals surface area contributed by atoms with Gasteiger partial charge in [0, 0.05) is 13.6 Å². The molecule has 16 heavy (non-hydrogen) atoms. The van der Waals surface area contributed by atoms with Gasteiger partial charge < -0.3 is 4.74 Å². The van der Waals surface area contributed by atoms with Crippen LogP contribution >= 0.6 is 38.5 Å². The zero-order valence-electron chi connectivity index (χ0n) is 7.86. The number of carbonyl (C=O) groups excluding carboxylic acids is 1. The average molecular weight is 409 g/mol. The maximum atomic E-state index is 12.0. The molecule has 1 aromatic rings. The number of benzene rings is 1. The molecule has 0 radical (unpaired) electrons. The van der Waals surface area contributed by atoms with Crippen molar-refractivity contribution in [2.24, 2.45) is 0 Å². The van der Waals surface area contributed by atoms with Crippen molar-refractivity contribution >= 4 is 44.3 Å². The van der Waals surface area contributed by atoms with Crippen molar-refractivity contribution < 1.29 is 22.7 Å². The van der Waals surface area contributed by atoms with E-state index >= 15 is 0 Å². The Morgan fingerprint density at radius 1 is 1.44 bits per heavy atom. The Labute approximate surface area is 111 Å². The molecule has 0 fully saturated rings. The molecule has 0 N–H and O–H groups in total.